The van der Waals surface area contributed by atoms with Gasteiger partial charge in [-0.15, -0.1) is 0 Å². The molecule has 0 unspecified atom stereocenters. The molecule has 1 aromatic heterocycles. The van der Waals surface area contributed by atoms with Gasteiger partial charge in [-0.05, 0) is 31.8 Å². The second kappa shape index (κ2) is 7.38. The number of likely N-dealkylation sites (N-methyl/N-ethyl adjacent to an activating group) is 1. The number of benzene rings is 1. The Morgan fingerprint density at radius 1 is 1.41 bits per heavy atom. The van der Waals surface area contributed by atoms with Gasteiger partial charge >= 0.3 is 0 Å². The van der Waals surface area contributed by atoms with E-state index in [-0.39, 0.29) is 11.7 Å². The van der Waals surface area contributed by atoms with E-state index in [1.807, 2.05) is 0 Å². The molecule has 1 atom stereocenters. The molecule has 0 saturated carbocycles. The van der Waals surface area contributed by atoms with Gasteiger partial charge in [-0.25, -0.2) is 4.39 Å². The summed E-state index contributed by atoms with van der Waals surface area (Å²) in [5.41, 5.74) is 0.742. The summed E-state index contributed by atoms with van der Waals surface area (Å²) < 4.78 is 14.7. The Labute approximate surface area is 133 Å². The van der Waals surface area contributed by atoms with Crippen LogP contribution in [0.3, 0.4) is 0 Å². The largest absolute Gasteiger partial charge is 0.353 e. The van der Waals surface area contributed by atoms with Crippen LogP contribution in [0.1, 0.15) is 11.6 Å². The van der Waals surface area contributed by atoms with Crippen LogP contribution in [-0.4, -0.2) is 41.2 Å². The summed E-state index contributed by atoms with van der Waals surface area (Å²) in [5, 5.41) is 7.46. The highest BCUT2D eigenvalue weighted by atomic mass is 35.5. The van der Waals surface area contributed by atoms with E-state index in [0.29, 0.717) is 18.1 Å². The molecule has 0 aliphatic carbocycles. The predicted octanol–water partition coefficient (Wildman–Crippen LogP) is 2.09. The van der Waals surface area contributed by atoms with Crippen molar-refractivity contribution in [3.05, 3.63) is 53.1 Å². The van der Waals surface area contributed by atoms with Crippen LogP contribution in [-0.2, 0) is 11.3 Å². The smallest absolute Gasteiger partial charge is 0.242 e. The number of carbonyl (C=O) groups is 1. The lowest BCUT2D eigenvalue weighted by Gasteiger charge is -2.23. The van der Waals surface area contributed by atoms with Gasteiger partial charge in [0.05, 0.1) is 17.8 Å². The molecule has 1 amide bonds. The van der Waals surface area contributed by atoms with Gasteiger partial charge < -0.3 is 5.32 Å². The maximum absolute atomic E-state index is 13.0. The molecule has 0 aliphatic rings. The Kier molecular flexibility index (Phi) is 5.51. The van der Waals surface area contributed by atoms with Crippen LogP contribution < -0.4 is 5.32 Å². The zero-order valence-electron chi connectivity index (χ0n) is 12.5. The van der Waals surface area contributed by atoms with Gasteiger partial charge in [0.1, 0.15) is 11.9 Å². The SMILES string of the molecule is CN(C)[C@@H](C(=O)NCCn1cc(Cl)cn1)c1ccc(F)cc1. The monoisotopic (exact) mass is 324 g/mol. The topological polar surface area (TPSA) is 50.2 Å². The minimum Gasteiger partial charge on any atom is -0.353 e. The summed E-state index contributed by atoms with van der Waals surface area (Å²) in [5.74, 6) is -0.466. The first-order valence-electron chi connectivity index (χ1n) is 6.85. The minimum atomic E-state index is -0.471. The maximum Gasteiger partial charge on any atom is 0.242 e. The van der Waals surface area contributed by atoms with Crippen LogP contribution in [0.2, 0.25) is 5.02 Å². The molecule has 0 bridgehead atoms. The predicted molar refractivity (Wildman–Crippen MR) is 83.1 cm³/mol. The van der Waals surface area contributed by atoms with Crippen LogP contribution in [0.5, 0.6) is 0 Å². The van der Waals surface area contributed by atoms with Gasteiger partial charge in [-0.3, -0.25) is 14.4 Å². The van der Waals surface area contributed by atoms with Crippen molar-refractivity contribution >= 4 is 17.5 Å². The van der Waals surface area contributed by atoms with Crippen molar-refractivity contribution in [1.82, 2.24) is 20.0 Å². The van der Waals surface area contributed by atoms with E-state index >= 15 is 0 Å². The fraction of sp³-hybridized carbons (Fsp3) is 0.333. The van der Waals surface area contributed by atoms with E-state index in [2.05, 4.69) is 10.4 Å². The standard InChI is InChI=1S/C15H18ClFN4O/c1-20(2)14(11-3-5-13(17)6-4-11)15(22)18-7-8-21-10-12(16)9-19-21/h3-6,9-10,14H,7-8H2,1-2H3,(H,18,22)/t14-/m1/s1. The number of hydrogen-bond acceptors (Lipinski definition) is 3. The zero-order valence-corrected chi connectivity index (χ0v) is 13.2. The molecule has 22 heavy (non-hydrogen) atoms. The van der Waals surface area contributed by atoms with Crippen LogP contribution in [0.25, 0.3) is 0 Å². The number of carbonyl (C=O) groups excluding carboxylic acids is 1. The number of nitrogens with zero attached hydrogens (tertiary/aromatic N) is 3. The normalized spacial score (nSPS) is 12.4. The van der Waals surface area contributed by atoms with Crippen molar-refractivity contribution in [3.8, 4) is 0 Å². The van der Waals surface area contributed by atoms with E-state index in [0.717, 1.165) is 5.56 Å². The number of halogens is 2. The van der Waals surface area contributed by atoms with Gasteiger partial charge in [-0.2, -0.15) is 5.10 Å². The van der Waals surface area contributed by atoms with Gasteiger partial charge in [0, 0.05) is 12.7 Å². The minimum absolute atomic E-state index is 0.144. The van der Waals surface area contributed by atoms with Crippen molar-refractivity contribution in [2.24, 2.45) is 0 Å². The summed E-state index contributed by atoms with van der Waals surface area (Å²) in [4.78, 5) is 14.1. The Bertz CT molecular complexity index is 627. The zero-order chi connectivity index (χ0) is 16.1. The molecule has 0 aliphatic heterocycles. The highest BCUT2D eigenvalue weighted by molar-refractivity contribution is 6.30. The molecule has 0 spiro atoms. The molecule has 1 N–H and O–H groups in total. The number of nitrogens with one attached hydrogen (secondary N) is 1. The van der Waals surface area contributed by atoms with Crippen LogP contribution in [0.4, 0.5) is 4.39 Å². The number of aromatic nitrogens is 2. The molecule has 7 heteroatoms. The molecule has 2 aromatic rings. The van der Waals surface area contributed by atoms with Crippen LogP contribution in [0, 0.1) is 5.82 Å². The van der Waals surface area contributed by atoms with E-state index in [1.165, 1.54) is 12.1 Å². The average molecular weight is 325 g/mol. The Balaban J connectivity index is 1.96. The lowest BCUT2D eigenvalue weighted by Crippen LogP contribution is -2.38. The molecule has 118 valence electrons. The summed E-state index contributed by atoms with van der Waals surface area (Å²) >= 11 is 5.78. The number of amides is 1. The van der Waals surface area contributed by atoms with E-state index in [1.54, 1.807) is 48.2 Å². The lowest BCUT2D eigenvalue weighted by molar-refractivity contribution is -0.125. The fourth-order valence-electron chi connectivity index (χ4n) is 2.18. The van der Waals surface area contributed by atoms with Gasteiger partial charge in [0.15, 0.2) is 0 Å². The molecular formula is C15H18ClFN4O. The summed E-state index contributed by atoms with van der Waals surface area (Å²) in [6, 6.07) is 5.47. The maximum atomic E-state index is 13.0. The Morgan fingerprint density at radius 3 is 2.64 bits per heavy atom. The first-order valence-corrected chi connectivity index (χ1v) is 7.22. The highest BCUT2D eigenvalue weighted by Crippen LogP contribution is 2.18. The molecule has 0 saturated heterocycles. The first-order chi connectivity index (χ1) is 10.5. The summed E-state index contributed by atoms with van der Waals surface area (Å²) in [6.45, 7) is 0.963. The van der Waals surface area contributed by atoms with Crippen LogP contribution in [0.15, 0.2) is 36.7 Å². The average Bonchev–Trinajstić information content (AvgIpc) is 2.86. The van der Waals surface area contributed by atoms with Crippen molar-refractivity contribution in [2.75, 3.05) is 20.6 Å². The van der Waals surface area contributed by atoms with E-state index < -0.39 is 6.04 Å². The van der Waals surface area contributed by atoms with Crippen molar-refractivity contribution < 1.29 is 9.18 Å². The molecule has 0 radical (unpaired) electrons. The van der Waals surface area contributed by atoms with Gasteiger partial charge in [-0.1, -0.05) is 23.7 Å². The molecule has 0 fully saturated rings. The van der Waals surface area contributed by atoms with Crippen LogP contribution >= 0.6 is 11.6 Å². The van der Waals surface area contributed by atoms with E-state index in [9.17, 15) is 9.18 Å². The molecule has 1 heterocycles. The summed E-state index contributed by atoms with van der Waals surface area (Å²) in [6.07, 6.45) is 3.24. The van der Waals surface area contributed by atoms with Crippen molar-refractivity contribution in [2.45, 2.75) is 12.6 Å². The first kappa shape index (κ1) is 16.5. The second-order valence-electron chi connectivity index (χ2n) is 5.13. The third-order valence-electron chi connectivity index (χ3n) is 3.19. The second-order valence-corrected chi connectivity index (χ2v) is 5.57. The Morgan fingerprint density at radius 2 is 2.09 bits per heavy atom. The fourth-order valence-corrected chi connectivity index (χ4v) is 2.34. The van der Waals surface area contributed by atoms with Gasteiger partial charge in [0.2, 0.25) is 5.91 Å². The molecule has 2 rings (SSSR count). The van der Waals surface area contributed by atoms with E-state index in [4.69, 9.17) is 11.6 Å². The molecule has 5 nitrogen and oxygen atoms in total. The number of rotatable bonds is 6. The van der Waals surface area contributed by atoms with Crippen molar-refractivity contribution in [1.29, 1.82) is 0 Å². The Hall–Kier alpha value is -1.92. The molecular weight excluding hydrogens is 307 g/mol. The van der Waals surface area contributed by atoms with Crippen molar-refractivity contribution in [3.63, 3.8) is 0 Å². The lowest BCUT2D eigenvalue weighted by atomic mass is 10.1. The third kappa shape index (κ3) is 4.29. The van der Waals surface area contributed by atoms with Gasteiger partial charge in [0.25, 0.3) is 0 Å². The molecule has 1 aromatic carbocycles. The highest BCUT2D eigenvalue weighted by Gasteiger charge is 2.22. The summed E-state index contributed by atoms with van der Waals surface area (Å²) in [7, 11) is 3.61. The number of hydrogen-bond donors (Lipinski definition) is 1. The quantitative estimate of drug-likeness (QED) is 0.885. The third-order valence-corrected chi connectivity index (χ3v) is 3.39.